The zero-order valence-corrected chi connectivity index (χ0v) is 28.8. The van der Waals surface area contributed by atoms with Gasteiger partial charge < -0.3 is 14.8 Å². The average Bonchev–Trinajstić information content (AvgIpc) is 3.43. The fraction of sp³-hybridized carbons (Fsp3) is 0.314. The van der Waals surface area contributed by atoms with Crippen LogP contribution in [0.5, 0.6) is 0 Å². The molecule has 0 bridgehead atoms. The Morgan fingerprint density at radius 2 is 1.78 bits per heavy atom. The van der Waals surface area contributed by atoms with Crippen molar-refractivity contribution in [1.29, 1.82) is 5.26 Å². The Morgan fingerprint density at radius 3 is 2.43 bits per heavy atom. The van der Waals surface area contributed by atoms with Crippen LogP contribution in [0.1, 0.15) is 61.2 Å². The SMILES string of the molecule is CCCCc1nn(-c2cc(NC(=O)COC)ccc2C(F)(F)F)c(C#N)c1Cc1ccc(-c2ccccc2S(=O)(=O)NC(=O)OCCC)cc1F. The average molecular weight is 730 g/mol. The van der Waals surface area contributed by atoms with Crippen LogP contribution in [-0.4, -0.2) is 50.5 Å². The van der Waals surface area contributed by atoms with Crippen molar-refractivity contribution < 1.29 is 45.0 Å². The van der Waals surface area contributed by atoms with E-state index in [0.29, 0.717) is 19.3 Å². The molecule has 0 radical (unpaired) electrons. The Labute approximate surface area is 292 Å². The van der Waals surface area contributed by atoms with E-state index < -0.39 is 45.3 Å². The highest BCUT2D eigenvalue weighted by atomic mass is 32.2. The topological polar surface area (TPSA) is 152 Å². The van der Waals surface area contributed by atoms with Gasteiger partial charge >= 0.3 is 12.3 Å². The monoisotopic (exact) mass is 729 g/mol. The molecule has 0 unspecified atom stereocenters. The van der Waals surface area contributed by atoms with Gasteiger partial charge in [-0.15, -0.1) is 0 Å². The first-order chi connectivity index (χ1) is 24.2. The number of unbranched alkanes of at least 4 members (excludes halogenated alkanes) is 1. The number of aromatic nitrogens is 2. The van der Waals surface area contributed by atoms with Crippen molar-refractivity contribution in [2.24, 2.45) is 0 Å². The first-order valence-corrected chi connectivity index (χ1v) is 17.3. The molecule has 51 heavy (non-hydrogen) atoms. The maximum Gasteiger partial charge on any atom is 0.421 e. The second-order valence-electron chi connectivity index (χ2n) is 11.3. The molecule has 270 valence electrons. The number of hydrogen-bond donors (Lipinski definition) is 2. The maximum absolute atomic E-state index is 15.9. The summed E-state index contributed by atoms with van der Waals surface area (Å²) in [4.78, 5) is 23.8. The second-order valence-corrected chi connectivity index (χ2v) is 13.0. The lowest BCUT2D eigenvalue weighted by atomic mass is 9.97. The lowest BCUT2D eigenvalue weighted by Gasteiger charge is -2.16. The van der Waals surface area contributed by atoms with Gasteiger partial charge in [0.25, 0.3) is 10.0 Å². The molecule has 0 spiro atoms. The zero-order chi connectivity index (χ0) is 37.3. The highest BCUT2D eigenvalue weighted by Gasteiger charge is 2.36. The van der Waals surface area contributed by atoms with Gasteiger partial charge in [-0.3, -0.25) is 4.79 Å². The number of ether oxygens (including phenoxy) is 2. The number of carbonyl (C=O) groups is 2. The first-order valence-electron chi connectivity index (χ1n) is 15.8. The number of aryl methyl sites for hydroxylation is 1. The summed E-state index contributed by atoms with van der Waals surface area (Å²) < 4.78 is 97.0. The van der Waals surface area contributed by atoms with E-state index in [9.17, 15) is 36.4 Å². The van der Waals surface area contributed by atoms with Crippen molar-refractivity contribution in [3.63, 3.8) is 0 Å². The normalized spacial score (nSPS) is 11.6. The first kappa shape index (κ1) is 38.5. The lowest BCUT2D eigenvalue weighted by Crippen LogP contribution is -2.31. The fourth-order valence-corrected chi connectivity index (χ4v) is 6.37. The number of rotatable bonds is 14. The van der Waals surface area contributed by atoms with Crippen molar-refractivity contribution in [1.82, 2.24) is 14.5 Å². The van der Waals surface area contributed by atoms with E-state index in [4.69, 9.17) is 9.47 Å². The molecule has 0 saturated heterocycles. The molecular weight excluding hydrogens is 694 g/mol. The molecule has 2 N–H and O–H groups in total. The molecule has 0 aliphatic heterocycles. The lowest BCUT2D eigenvalue weighted by molar-refractivity contribution is -0.137. The Bertz CT molecular complexity index is 2060. The van der Waals surface area contributed by atoms with Gasteiger partial charge in [-0.25, -0.2) is 27.0 Å². The molecule has 16 heteroatoms. The highest BCUT2D eigenvalue weighted by Crippen LogP contribution is 2.37. The Morgan fingerprint density at radius 1 is 1.04 bits per heavy atom. The summed E-state index contributed by atoms with van der Waals surface area (Å²) in [5.74, 6) is -1.40. The fourth-order valence-electron chi connectivity index (χ4n) is 5.25. The standard InChI is InChI=1S/C35H35F4N5O6S/c1-4-6-10-29-26(31(20-40)44(42-29)30-19-24(41-33(45)21-49-3)14-15-27(30)35(37,38)39)17-23-13-12-22(18-28(23)36)25-9-7-8-11-32(25)51(47,48)43-34(46)50-16-5-2/h7-9,11-15,18-19H,4-6,10,16-17,21H2,1-3H3,(H,41,45)(H,43,46). The molecule has 0 aliphatic carbocycles. The van der Waals surface area contributed by atoms with E-state index in [0.717, 1.165) is 28.9 Å². The van der Waals surface area contributed by atoms with Gasteiger partial charge in [0.2, 0.25) is 5.91 Å². The number of nitrogens with zero attached hydrogens (tertiary/aromatic N) is 3. The number of amides is 2. The summed E-state index contributed by atoms with van der Waals surface area (Å²) in [5, 5.41) is 17.1. The second kappa shape index (κ2) is 16.6. The molecule has 1 aromatic heterocycles. The predicted octanol–water partition coefficient (Wildman–Crippen LogP) is 6.91. The number of halogens is 4. The van der Waals surface area contributed by atoms with Crippen LogP contribution in [0, 0.1) is 17.1 Å². The number of carbonyl (C=O) groups excluding carboxylic acids is 2. The summed E-state index contributed by atoms with van der Waals surface area (Å²) in [6.45, 7) is 3.30. The number of hydrogen-bond acceptors (Lipinski definition) is 8. The molecule has 4 rings (SSSR count). The van der Waals surface area contributed by atoms with Crippen LogP contribution < -0.4 is 10.0 Å². The van der Waals surface area contributed by atoms with E-state index in [2.05, 4.69) is 10.4 Å². The van der Waals surface area contributed by atoms with E-state index >= 15 is 4.39 Å². The van der Waals surface area contributed by atoms with Crippen LogP contribution in [0.15, 0.2) is 65.6 Å². The van der Waals surface area contributed by atoms with Crippen LogP contribution in [0.2, 0.25) is 0 Å². The van der Waals surface area contributed by atoms with Crippen molar-refractivity contribution in [2.45, 2.75) is 57.0 Å². The van der Waals surface area contributed by atoms with Crippen LogP contribution in [0.25, 0.3) is 16.8 Å². The van der Waals surface area contributed by atoms with E-state index in [1.807, 2.05) is 17.7 Å². The number of alkyl halides is 3. The van der Waals surface area contributed by atoms with Gasteiger partial charge in [0.15, 0.2) is 0 Å². The van der Waals surface area contributed by atoms with Crippen molar-refractivity contribution in [2.75, 3.05) is 25.6 Å². The smallest absolute Gasteiger partial charge is 0.421 e. The molecule has 4 aromatic rings. The van der Waals surface area contributed by atoms with Crippen molar-refractivity contribution in [3.05, 3.63) is 94.6 Å². The highest BCUT2D eigenvalue weighted by molar-refractivity contribution is 7.90. The molecule has 0 aliphatic rings. The molecule has 0 atom stereocenters. The number of sulfonamides is 1. The molecule has 0 fully saturated rings. The van der Waals surface area contributed by atoms with Gasteiger partial charge in [0, 0.05) is 30.3 Å². The number of nitrogens with one attached hydrogen (secondary N) is 2. The van der Waals surface area contributed by atoms with Crippen molar-refractivity contribution in [3.8, 4) is 22.9 Å². The minimum Gasteiger partial charge on any atom is -0.449 e. The summed E-state index contributed by atoms with van der Waals surface area (Å²) >= 11 is 0. The van der Waals surface area contributed by atoms with Gasteiger partial charge in [-0.05, 0) is 60.7 Å². The Kier molecular flexibility index (Phi) is 12.6. The van der Waals surface area contributed by atoms with E-state index in [1.165, 1.54) is 43.5 Å². The van der Waals surface area contributed by atoms with Gasteiger partial charge in [0.05, 0.1) is 28.4 Å². The Hall–Kier alpha value is -5.27. The number of anilines is 1. The summed E-state index contributed by atoms with van der Waals surface area (Å²) in [6, 6.07) is 14.4. The van der Waals surface area contributed by atoms with Crippen LogP contribution >= 0.6 is 0 Å². The number of nitriles is 1. The number of methoxy groups -OCH3 is 1. The van der Waals surface area contributed by atoms with Crippen LogP contribution in [-0.2, 0) is 43.3 Å². The summed E-state index contributed by atoms with van der Waals surface area (Å²) in [7, 11) is -3.13. The van der Waals surface area contributed by atoms with Crippen LogP contribution in [0.3, 0.4) is 0 Å². The summed E-state index contributed by atoms with van der Waals surface area (Å²) in [5.41, 5.74) is -1.08. The third-order valence-electron chi connectivity index (χ3n) is 7.59. The third-order valence-corrected chi connectivity index (χ3v) is 8.96. The van der Waals surface area contributed by atoms with Crippen molar-refractivity contribution >= 4 is 27.7 Å². The molecule has 11 nitrogen and oxygen atoms in total. The summed E-state index contributed by atoms with van der Waals surface area (Å²) in [6.07, 6.45) is -4.24. The van der Waals surface area contributed by atoms with Crippen LogP contribution in [0.4, 0.5) is 28.0 Å². The predicted molar refractivity (Wildman–Crippen MR) is 179 cm³/mol. The molecule has 3 aromatic carbocycles. The van der Waals surface area contributed by atoms with E-state index in [-0.39, 0.29) is 70.3 Å². The maximum atomic E-state index is 15.9. The zero-order valence-electron chi connectivity index (χ0n) is 27.9. The molecule has 1 heterocycles. The minimum atomic E-state index is -4.86. The Balaban J connectivity index is 1.78. The van der Waals surface area contributed by atoms with Gasteiger partial charge in [-0.2, -0.15) is 23.5 Å². The van der Waals surface area contributed by atoms with Gasteiger partial charge in [0.1, 0.15) is 24.2 Å². The van der Waals surface area contributed by atoms with E-state index in [1.54, 1.807) is 6.92 Å². The number of benzene rings is 3. The third kappa shape index (κ3) is 9.30. The largest absolute Gasteiger partial charge is 0.449 e. The van der Waals surface area contributed by atoms with Gasteiger partial charge in [-0.1, -0.05) is 50.6 Å². The quantitative estimate of drug-likeness (QED) is 0.133. The minimum absolute atomic E-state index is 0.00518. The molecule has 2 amide bonds. The molecule has 0 saturated carbocycles. The molecular formula is C35H35F4N5O6S.